The van der Waals surface area contributed by atoms with Gasteiger partial charge in [-0.1, -0.05) is 0 Å². The average molecular weight is 270 g/mol. The maximum atomic E-state index is 11.8. The molecule has 1 saturated heterocycles. The van der Waals surface area contributed by atoms with Gasteiger partial charge in [-0.2, -0.15) is 4.37 Å². The Labute approximate surface area is 110 Å². The summed E-state index contributed by atoms with van der Waals surface area (Å²) < 4.78 is 4.07. The van der Waals surface area contributed by atoms with Crippen LogP contribution in [0.5, 0.6) is 0 Å². The summed E-state index contributed by atoms with van der Waals surface area (Å²) in [5.41, 5.74) is 6.23. The fourth-order valence-electron chi connectivity index (χ4n) is 2.28. The highest BCUT2D eigenvalue weighted by molar-refractivity contribution is 7.11. The predicted molar refractivity (Wildman–Crippen MR) is 71.9 cm³/mol. The van der Waals surface area contributed by atoms with E-state index in [9.17, 15) is 4.79 Å². The van der Waals surface area contributed by atoms with Gasteiger partial charge in [-0.05, 0) is 30.3 Å². The van der Waals surface area contributed by atoms with E-state index in [1.54, 1.807) is 7.05 Å². The molecular weight excluding hydrogens is 252 g/mol. The number of aliphatic hydroxyl groups excluding tert-OH is 1. The van der Waals surface area contributed by atoms with Gasteiger partial charge < -0.3 is 21.1 Å². The Hall–Kier alpha value is -1.34. The SMILES string of the molecule is CNC(=O)c1c(N)nsc1N1CCC(CCO)C1. The lowest BCUT2D eigenvalue weighted by atomic mass is 10.1. The number of nitrogens with one attached hydrogen (secondary N) is 1. The molecule has 7 heteroatoms. The molecule has 6 nitrogen and oxygen atoms in total. The zero-order valence-corrected chi connectivity index (χ0v) is 11.2. The van der Waals surface area contributed by atoms with E-state index in [4.69, 9.17) is 10.8 Å². The Kier molecular flexibility index (Phi) is 4.03. The second-order valence-corrected chi connectivity index (χ2v) is 5.19. The van der Waals surface area contributed by atoms with Crippen molar-refractivity contribution < 1.29 is 9.90 Å². The quantitative estimate of drug-likeness (QED) is 0.731. The minimum absolute atomic E-state index is 0.193. The minimum Gasteiger partial charge on any atom is -0.396 e. The van der Waals surface area contributed by atoms with Gasteiger partial charge >= 0.3 is 0 Å². The Balaban J connectivity index is 2.17. The summed E-state index contributed by atoms with van der Waals surface area (Å²) in [7, 11) is 1.59. The predicted octanol–water partition coefficient (Wildman–Crippen LogP) is 0.294. The van der Waals surface area contributed by atoms with E-state index < -0.39 is 0 Å². The first kappa shape index (κ1) is 13.1. The zero-order valence-electron chi connectivity index (χ0n) is 10.3. The highest BCUT2D eigenvalue weighted by Gasteiger charge is 2.28. The van der Waals surface area contributed by atoms with Gasteiger partial charge in [0, 0.05) is 26.7 Å². The third kappa shape index (κ3) is 2.41. The van der Waals surface area contributed by atoms with E-state index in [-0.39, 0.29) is 12.5 Å². The van der Waals surface area contributed by atoms with Crippen molar-refractivity contribution in [3.8, 4) is 0 Å². The van der Waals surface area contributed by atoms with Crippen LogP contribution in [0.1, 0.15) is 23.2 Å². The van der Waals surface area contributed by atoms with Gasteiger partial charge in [0.1, 0.15) is 10.6 Å². The normalized spacial score (nSPS) is 19.2. The molecule has 0 radical (unpaired) electrons. The molecule has 1 unspecified atom stereocenters. The number of hydrogen-bond acceptors (Lipinski definition) is 6. The molecule has 2 rings (SSSR count). The van der Waals surface area contributed by atoms with Crippen LogP contribution in [0.15, 0.2) is 0 Å². The largest absolute Gasteiger partial charge is 0.396 e. The molecule has 18 heavy (non-hydrogen) atoms. The van der Waals surface area contributed by atoms with Crippen molar-refractivity contribution in [1.29, 1.82) is 0 Å². The molecule has 0 spiro atoms. The number of nitrogen functional groups attached to an aromatic ring is 1. The monoisotopic (exact) mass is 270 g/mol. The molecule has 1 aliphatic rings. The number of hydrogen-bond donors (Lipinski definition) is 3. The van der Waals surface area contributed by atoms with Crippen LogP contribution in [0.4, 0.5) is 10.8 Å². The Morgan fingerprint density at radius 3 is 3.17 bits per heavy atom. The fourth-order valence-corrected chi connectivity index (χ4v) is 3.13. The van der Waals surface area contributed by atoms with Crippen molar-refractivity contribution in [1.82, 2.24) is 9.69 Å². The first-order valence-corrected chi connectivity index (χ1v) is 6.77. The maximum absolute atomic E-state index is 11.8. The topological polar surface area (TPSA) is 91.5 Å². The highest BCUT2D eigenvalue weighted by atomic mass is 32.1. The fraction of sp³-hybridized carbons (Fsp3) is 0.636. The van der Waals surface area contributed by atoms with Gasteiger partial charge in [0.05, 0.1) is 0 Å². The number of amides is 1. The lowest BCUT2D eigenvalue weighted by Crippen LogP contribution is -2.25. The summed E-state index contributed by atoms with van der Waals surface area (Å²) in [4.78, 5) is 13.9. The first-order valence-electron chi connectivity index (χ1n) is 6.00. The van der Waals surface area contributed by atoms with Crippen LogP contribution < -0.4 is 16.0 Å². The zero-order chi connectivity index (χ0) is 13.1. The molecule has 1 amide bonds. The van der Waals surface area contributed by atoms with Crippen LogP contribution >= 0.6 is 11.5 Å². The van der Waals surface area contributed by atoms with Gasteiger partial charge in [-0.25, -0.2) is 0 Å². The van der Waals surface area contributed by atoms with Crippen LogP contribution in [0.3, 0.4) is 0 Å². The van der Waals surface area contributed by atoms with Gasteiger partial charge in [0.15, 0.2) is 5.82 Å². The van der Waals surface area contributed by atoms with Crippen LogP contribution in [-0.4, -0.2) is 42.1 Å². The van der Waals surface area contributed by atoms with E-state index in [0.717, 1.165) is 30.9 Å². The lowest BCUT2D eigenvalue weighted by Gasteiger charge is -2.17. The number of nitrogens with two attached hydrogens (primary N) is 1. The minimum atomic E-state index is -0.193. The number of nitrogens with zero attached hydrogens (tertiary/aromatic N) is 2. The van der Waals surface area contributed by atoms with Gasteiger partial charge in [0.25, 0.3) is 5.91 Å². The third-order valence-electron chi connectivity index (χ3n) is 3.27. The molecule has 1 aliphatic heterocycles. The molecular formula is C11H18N4O2S. The lowest BCUT2D eigenvalue weighted by molar-refractivity contribution is 0.0964. The van der Waals surface area contributed by atoms with Crippen molar-refractivity contribution in [2.24, 2.45) is 5.92 Å². The van der Waals surface area contributed by atoms with Crippen molar-refractivity contribution in [2.75, 3.05) is 37.4 Å². The Morgan fingerprint density at radius 2 is 2.50 bits per heavy atom. The number of carbonyl (C=O) groups excluding carboxylic acids is 1. The summed E-state index contributed by atoms with van der Waals surface area (Å²) in [6.45, 7) is 1.95. The Morgan fingerprint density at radius 1 is 1.72 bits per heavy atom. The third-order valence-corrected chi connectivity index (χ3v) is 4.19. The summed E-state index contributed by atoms with van der Waals surface area (Å²) >= 11 is 1.26. The molecule has 1 atom stereocenters. The van der Waals surface area contributed by atoms with Gasteiger partial charge in [-0.15, -0.1) is 0 Å². The highest BCUT2D eigenvalue weighted by Crippen LogP contribution is 2.34. The average Bonchev–Trinajstić information content (AvgIpc) is 2.95. The summed E-state index contributed by atoms with van der Waals surface area (Å²) in [5.74, 6) is 0.581. The summed E-state index contributed by atoms with van der Waals surface area (Å²) in [6, 6.07) is 0. The van der Waals surface area contributed by atoms with Gasteiger partial charge in [0.2, 0.25) is 0 Å². The standard InChI is InChI=1S/C11H18N4O2S/c1-13-10(17)8-9(12)14-18-11(8)15-4-2-7(6-15)3-5-16/h7,16H,2-6H2,1H3,(H2,12,14)(H,13,17). The first-order chi connectivity index (χ1) is 8.67. The molecule has 1 aromatic rings. The second kappa shape index (κ2) is 5.53. The number of anilines is 2. The number of aromatic nitrogens is 1. The van der Waals surface area contributed by atoms with E-state index in [0.29, 0.717) is 17.3 Å². The second-order valence-electron chi connectivity index (χ2n) is 4.44. The van der Waals surface area contributed by atoms with Crippen molar-refractivity contribution >= 4 is 28.3 Å². The van der Waals surface area contributed by atoms with Crippen LogP contribution in [0.2, 0.25) is 0 Å². The van der Waals surface area contributed by atoms with E-state index in [1.807, 2.05) is 0 Å². The van der Waals surface area contributed by atoms with Crippen LogP contribution in [0, 0.1) is 5.92 Å². The molecule has 0 bridgehead atoms. The molecule has 100 valence electrons. The van der Waals surface area contributed by atoms with E-state index >= 15 is 0 Å². The smallest absolute Gasteiger partial charge is 0.257 e. The maximum Gasteiger partial charge on any atom is 0.257 e. The van der Waals surface area contributed by atoms with Crippen LogP contribution in [0.25, 0.3) is 0 Å². The summed E-state index contributed by atoms with van der Waals surface area (Å²) in [6.07, 6.45) is 1.84. The summed E-state index contributed by atoms with van der Waals surface area (Å²) in [5, 5.41) is 12.4. The van der Waals surface area contributed by atoms with Gasteiger partial charge in [-0.3, -0.25) is 4.79 Å². The van der Waals surface area contributed by atoms with Crippen molar-refractivity contribution in [3.63, 3.8) is 0 Å². The van der Waals surface area contributed by atoms with E-state index in [2.05, 4.69) is 14.6 Å². The number of aliphatic hydroxyl groups is 1. The molecule has 0 saturated carbocycles. The number of carbonyl (C=O) groups is 1. The Bertz CT molecular complexity index is 435. The molecule has 1 fully saturated rings. The van der Waals surface area contributed by atoms with Crippen molar-refractivity contribution in [2.45, 2.75) is 12.8 Å². The molecule has 0 aromatic carbocycles. The van der Waals surface area contributed by atoms with E-state index in [1.165, 1.54) is 11.5 Å². The number of rotatable bonds is 4. The molecule has 2 heterocycles. The molecule has 4 N–H and O–H groups in total. The van der Waals surface area contributed by atoms with Crippen molar-refractivity contribution in [3.05, 3.63) is 5.56 Å². The molecule has 0 aliphatic carbocycles. The van der Waals surface area contributed by atoms with Crippen LogP contribution in [-0.2, 0) is 0 Å². The molecule has 1 aromatic heterocycles.